The molecule has 0 saturated carbocycles. The van der Waals surface area contributed by atoms with Crippen molar-refractivity contribution in [3.63, 3.8) is 0 Å². The number of carbonyl (C=O) groups excluding carboxylic acids is 2. The van der Waals surface area contributed by atoms with Gasteiger partial charge in [-0.25, -0.2) is 0 Å². The topological polar surface area (TPSA) is 170 Å². The number of nitrogens with zero attached hydrogens (tertiary/aromatic N) is 1. The minimum atomic E-state index is -1.46. The zero-order chi connectivity index (χ0) is 33.9. The van der Waals surface area contributed by atoms with Crippen molar-refractivity contribution < 1.29 is 67.2 Å². The molecule has 48 heavy (non-hydrogen) atoms. The highest BCUT2D eigenvalue weighted by Crippen LogP contribution is 2.57. The predicted octanol–water partition coefficient (Wildman–Crippen LogP) is 1.10. The third-order valence-corrected chi connectivity index (χ3v) is 9.39. The van der Waals surface area contributed by atoms with Gasteiger partial charge in [0.25, 0.3) is 0 Å². The highest BCUT2D eigenvalue weighted by atomic mass is 16.8. The fourth-order valence-electron chi connectivity index (χ4n) is 7.23. The number of rotatable bonds is 8. The lowest BCUT2D eigenvalue weighted by molar-refractivity contribution is -0.364. The summed E-state index contributed by atoms with van der Waals surface area (Å²) in [5.41, 5.74) is 1.95. The number of aliphatic hydroxyl groups is 2. The van der Waals surface area contributed by atoms with Crippen molar-refractivity contribution in [3.05, 3.63) is 41.0 Å². The monoisotopic (exact) mass is 673 g/mol. The van der Waals surface area contributed by atoms with Crippen LogP contribution >= 0.6 is 0 Å². The highest BCUT2D eigenvalue weighted by Gasteiger charge is 2.56. The zero-order valence-electron chi connectivity index (χ0n) is 27.2. The van der Waals surface area contributed by atoms with E-state index >= 15 is 0 Å². The average molecular weight is 674 g/mol. The first-order chi connectivity index (χ1) is 23.1. The number of hydrogen-bond donors (Lipinski definition) is 2. The molecule has 3 saturated heterocycles. The summed E-state index contributed by atoms with van der Waals surface area (Å²) >= 11 is 0. The molecule has 0 radical (unpaired) electrons. The van der Waals surface area contributed by atoms with E-state index < -0.39 is 72.8 Å². The van der Waals surface area contributed by atoms with Gasteiger partial charge in [-0.15, -0.1) is 0 Å². The van der Waals surface area contributed by atoms with Crippen LogP contribution in [0, 0.1) is 11.8 Å². The van der Waals surface area contributed by atoms with Gasteiger partial charge in [0, 0.05) is 11.8 Å². The van der Waals surface area contributed by atoms with Gasteiger partial charge in [-0.1, -0.05) is 0 Å². The molecule has 5 aliphatic rings. The molecule has 10 atom stereocenters. The molecule has 1 aliphatic carbocycles. The normalized spacial score (nSPS) is 33.4. The van der Waals surface area contributed by atoms with Crippen molar-refractivity contribution in [2.45, 2.75) is 55.9 Å². The molecule has 260 valence electrons. The molecule has 0 amide bonds. The second kappa shape index (κ2) is 13.0. The van der Waals surface area contributed by atoms with E-state index in [0.717, 1.165) is 0 Å². The molecule has 2 aromatic carbocycles. The van der Waals surface area contributed by atoms with Crippen LogP contribution in [-0.2, 0) is 33.3 Å². The molecule has 7 rings (SSSR count). The molecule has 4 heterocycles. The van der Waals surface area contributed by atoms with E-state index in [1.54, 1.807) is 50.2 Å². The first kappa shape index (κ1) is 32.8. The number of aliphatic hydroxyl groups excluding tert-OH is 2. The van der Waals surface area contributed by atoms with E-state index in [1.165, 1.54) is 14.2 Å². The molecule has 1 unspecified atom stereocenters. The molecule has 2 N–H and O–H groups in total. The quantitative estimate of drug-likeness (QED) is 0.301. The van der Waals surface area contributed by atoms with E-state index in [4.69, 9.17) is 47.4 Å². The minimum Gasteiger partial charge on any atom is -0.493 e. The van der Waals surface area contributed by atoms with Gasteiger partial charge in [0.1, 0.15) is 24.4 Å². The third-order valence-electron chi connectivity index (χ3n) is 9.39. The maximum absolute atomic E-state index is 13.6. The zero-order valence-corrected chi connectivity index (χ0v) is 27.2. The van der Waals surface area contributed by atoms with E-state index in [1.807, 2.05) is 0 Å². The van der Waals surface area contributed by atoms with E-state index in [0.29, 0.717) is 28.2 Å². The fourth-order valence-corrected chi connectivity index (χ4v) is 7.23. The fraction of sp³-hybridized carbons (Fsp3) is 0.576. The van der Waals surface area contributed by atoms with Crippen LogP contribution in [0.15, 0.2) is 24.3 Å². The number of benzene rings is 2. The van der Waals surface area contributed by atoms with Gasteiger partial charge in [-0.05, 0) is 62.0 Å². The maximum atomic E-state index is 13.6. The molecular weight excluding hydrogens is 634 g/mol. The van der Waals surface area contributed by atoms with Crippen LogP contribution in [0.1, 0.15) is 35.6 Å². The lowest BCUT2D eigenvalue weighted by Gasteiger charge is -2.47. The highest BCUT2D eigenvalue weighted by molar-refractivity contribution is 5.80. The summed E-state index contributed by atoms with van der Waals surface area (Å²) in [6.07, 6.45) is -6.95. The van der Waals surface area contributed by atoms with Crippen molar-refractivity contribution in [1.29, 1.82) is 0 Å². The Bertz CT molecular complexity index is 1540. The molecule has 3 fully saturated rings. The predicted molar refractivity (Wildman–Crippen MR) is 161 cm³/mol. The van der Waals surface area contributed by atoms with E-state index in [2.05, 4.69) is 0 Å². The molecule has 15 heteroatoms. The Morgan fingerprint density at radius 2 is 1.62 bits per heavy atom. The number of ether oxygens (including phenoxy) is 10. The number of fused-ring (bicyclic) bond motifs is 4. The van der Waals surface area contributed by atoms with Crippen LogP contribution in [0.5, 0.6) is 28.7 Å². The van der Waals surface area contributed by atoms with Crippen LogP contribution in [0.2, 0.25) is 0 Å². The molecule has 0 aromatic heterocycles. The van der Waals surface area contributed by atoms with Crippen LogP contribution in [-0.4, -0.2) is 119 Å². The standard InChI is InChI=1S/C33H39NO14/c1-14-41-12-23-31(45-14)27(36)28(37)33(46-23)48-29-17-9-20-19(43-13-44-20)8-16(17)25(26-18(29)11-42-32(26)38)15-6-21(39-4)30(22(7-15)40-5)47-24(35)10-34(2)3/h6-9,14,18,23,25-29,31,33,36-37H,10-13H2,1-5H3/t14-,18+,23-,25?,26+,27-,28-,29-,31-,33+/m1/s1. The Labute approximate surface area is 276 Å². The molecule has 15 nitrogen and oxygen atoms in total. The molecular formula is C33H39NO14. The summed E-state index contributed by atoms with van der Waals surface area (Å²) in [6.45, 7) is 1.90. The van der Waals surface area contributed by atoms with Crippen LogP contribution in [0.3, 0.4) is 0 Å². The van der Waals surface area contributed by atoms with Gasteiger partial charge in [0.2, 0.25) is 12.5 Å². The average Bonchev–Trinajstić information content (AvgIpc) is 3.68. The first-order valence-electron chi connectivity index (χ1n) is 15.7. The SMILES string of the molecule is COc1cc(C2c3cc4c(cc3[C@@H](O[C@@H]3O[C@@H]5CO[C@@H](C)O[C@H]5[C@H](O)[C@H]3O)[C@H]3COC(=O)[C@H]23)OCO4)cc(OC)c1OC(=O)CN(C)C. The van der Waals surface area contributed by atoms with Crippen molar-refractivity contribution in [2.75, 3.05) is 54.9 Å². The van der Waals surface area contributed by atoms with Crippen LogP contribution < -0.4 is 23.7 Å². The van der Waals surface area contributed by atoms with E-state index in [9.17, 15) is 19.8 Å². The Morgan fingerprint density at radius 3 is 2.29 bits per heavy atom. The lowest BCUT2D eigenvalue weighted by atomic mass is 9.66. The van der Waals surface area contributed by atoms with Gasteiger partial charge in [-0.2, -0.15) is 0 Å². The van der Waals surface area contributed by atoms with E-state index in [-0.39, 0.29) is 43.8 Å². The van der Waals surface area contributed by atoms with Crippen molar-refractivity contribution in [2.24, 2.45) is 11.8 Å². The summed E-state index contributed by atoms with van der Waals surface area (Å²) in [6, 6.07) is 7.01. The summed E-state index contributed by atoms with van der Waals surface area (Å²) < 4.78 is 58.0. The number of methoxy groups -OCH3 is 2. The Morgan fingerprint density at radius 1 is 0.938 bits per heavy atom. The summed E-state index contributed by atoms with van der Waals surface area (Å²) in [4.78, 5) is 27.9. The van der Waals surface area contributed by atoms with Gasteiger partial charge >= 0.3 is 11.9 Å². The van der Waals surface area contributed by atoms with Crippen LogP contribution in [0.25, 0.3) is 0 Å². The smallest absolute Gasteiger partial charge is 0.325 e. The summed E-state index contributed by atoms with van der Waals surface area (Å²) in [5.74, 6) is -1.35. The number of hydrogen-bond acceptors (Lipinski definition) is 15. The molecule has 4 aliphatic heterocycles. The third kappa shape index (κ3) is 5.72. The molecule has 0 spiro atoms. The first-order valence-corrected chi connectivity index (χ1v) is 15.7. The number of esters is 2. The van der Waals surface area contributed by atoms with Gasteiger partial charge in [-0.3, -0.25) is 14.5 Å². The second-order valence-electron chi connectivity index (χ2n) is 12.7. The minimum absolute atomic E-state index is 0.0100. The van der Waals surface area contributed by atoms with Crippen molar-refractivity contribution in [3.8, 4) is 28.7 Å². The molecule has 2 aromatic rings. The van der Waals surface area contributed by atoms with Crippen molar-refractivity contribution >= 4 is 11.9 Å². The van der Waals surface area contributed by atoms with Crippen molar-refractivity contribution in [1.82, 2.24) is 4.90 Å². The summed E-state index contributed by atoms with van der Waals surface area (Å²) in [7, 11) is 6.39. The van der Waals surface area contributed by atoms with Gasteiger partial charge < -0.3 is 57.6 Å². The largest absolute Gasteiger partial charge is 0.493 e. The summed E-state index contributed by atoms with van der Waals surface area (Å²) in [5, 5.41) is 22.1. The lowest BCUT2D eigenvalue weighted by Crippen LogP contribution is -2.63. The maximum Gasteiger partial charge on any atom is 0.325 e. The number of likely N-dealkylation sites (N-methyl/N-ethyl adjacent to an activating group) is 1. The Kier molecular flexibility index (Phi) is 8.87. The Hall–Kier alpha value is -3.70. The molecule has 0 bridgehead atoms. The number of carbonyl (C=O) groups is 2. The number of cyclic esters (lactones) is 1. The Balaban J connectivity index is 1.29. The van der Waals surface area contributed by atoms with Gasteiger partial charge in [0.15, 0.2) is 35.6 Å². The second-order valence-corrected chi connectivity index (χ2v) is 12.7. The van der Waals surface area contributed by atoms with Crippen LogP contribution in [0.4, 0.5) is 0 Å². The van der Waals surface area contributed by atoms with Gasteiger partial charge in [0.05, 0.1) is 46.0 Å².